The number of fused-ring (bicyclic) bond motifs is 3. The lowest BCUT2D eigenvalue weighted by molar-refractivity contribution is 0.341. The predicted octanol–water partition coefficient (Wildman–Crippen LogP) is 10.2. The first-order valence-electron chi connectivity index (χ1n) is 13.3. The van der Waals surface area contributed by atoms with Crippen LogP contribution in [0, 0.1) is 0 Å². The molecule has 0 radical (unpaired) electrons. The lowest BCUT2D eigenvalue weighted by Crippen LogP contribution is -2.38. The molecule has 0 aromatic heterocycles. The molecule has 0 amide bonds. The van der Waals surface area contributed by atoms with Crippen LogP contribution in [0.2, 0.25) is 0 Å². The Morgan fingerprint density at radius 1 is 0.703 bits per heavy atom. The van der Waals surface area contributed by atoms with E-state index in [1.807, 2.05) is 0 Å². The third kappa shape index (κ3) is 4.07. The molecule has 4 aromatic rings. The number of ether oxygens (including phenoxy) is 1. The van der Waals surface area contributed by atoms with Gasteiger partial charge in [0, 0.05) is 15.6 Å². The van der Waals surface area contributed by atoms with E-state index >= 15 is 4.57 Å². The normalized spacial score (nSPS) is 18.7. The van der Waals surface area contributed by atoms with Gasteiger partial charge in [0.25, 0.3) is 0 Å². The molecule has 0 fully saturated rings. The molecule has 194 valence electrons. The first kappa shape index (κ1) is 26.5. The van der Waals surface area contributed by atoms with Gasteiger partial charge in [0.05, 0.1) is 0 Å². The maximum Gasteiger partial charge on any atom is 0.174 e. The summed E-state index contributed by atoms with van der Waals surface area (Å²) in [6.45, 7) is 19.7. The molecular weight excluding hydrogens is 490 g/mol. The zero-order valence-electron chi connectivity index (χ0n) is 23.7. The summed E-state index contributed by atoms with van der Waals surface area (Å²) < 4.78 is 22.3. The minimum atomic E-state index is -2.87. The van der Waals surface area contributed by atoms with Crippen LogP contribution in [0.5, 0.6) is 5.75 Å². The Morgan fingerprint density at radius 2 is 1.22 bits per heavy atom. The Hall–Kier alpha value is -2.14. The number of rotatable bonds is 2. The smallest absolute Gasteiger partial charge is 0.174 e. The highest BCUT2D eigenvalue weighted by molar-refractivity contribution is 7.84. The van der Waals surface area contributed by atoms with Crippen molar-refractivity contribution in [2.75, 3.05) is 0 Å². The van der Waals surface area contributed by atoms with Crippen LogP contribution in [0.15, 0.2) is 72.8 Å². The van der Waals surface area contributed by atoms with Gasteiger partial charge in [-0.1, -0.05) is 123 Å². The zero-order valence-corrected chi connectivity index (χ0v) is 25.5. The fraction of sp³-hybridized carbons (Fsp3) is 0.394. The lowest BCUT2D eigenvalue weighted by Gasteiger charge is -2.47. The van der Waals surface area contributed by atoms with Gasteiger partial charge in [-0.25, -0.2) is 0 Å². The molecule has 0 bridgehead atoms. The van der Waals surface area contributed by atoms with Crippen LogP contribution in [-0.2, 0) is 4.57 Å². The number of hydrogen-bond acceptors (Lipinski definition) is 2. The van der Waals surface area contributed by atoms with E-state index in [4.69, 9.17) is 4.74 Å². The first-order chi connectivity index (χ1) is 17.2. The molecule has 0 unspecified atom stereocenters. The van der Waals surface area contributed by atoms with Crippen LogP contribution in [0.25, 0.3) is 32.7 Å². The van der Waals surface area contributed by atoms with Gasteiger partial charge in [-0.05, 0) is 57.9 Å². The Labute approximate surface area is 223 Å². The van der Waals surface area contributed by atoms with Crippen molar-refractivity contribution in [3.05, 3.63) is 72.8 Å². The molecule has 4 aromatic carbocycles. The lowest BCUT2D eigenvalue weighted by atomic mass is 9.92. The summed E-state index contributed by atoms with van der Waals surface area (Å²) in [5.41, 5.74) is 2.16. The highest BCUT2D eigenvalue weighted by atomic mass is 31.2. The van der Waals surface area contributed by atoms with E-state index in [2.05, 4.69) is 135 Å². The summed E-state index contributed by atoms with van der Waals surface area (Å²) in [5, 5.41) is 5.39. The molecule has 0 saturated carbocycles. The average Bonchev–Trinajstić information content (AvgIpc) is 3.21. The summed E-state index contributed by atoms with van der Waals surface area (Å²) >= 11 is 0. The van der Waals surface area contributed by atoms with Crippen LogP contribution in [0.3, 0.4) is 0 Å². The first-order valence-corrected chi connectivity index (χ1v) is 16.4. The van der Waals surface area contributed by atoms with Crippen LogP contribution in [0.1, 0.15) is 62.3 Å². The Bertz CT molecular complexity index is 1480. The molecule has 5 rings (SSSR count). The topological polar surface area (TPSA) is 26.3 Å². The Balaban J connectivity index is 1.87. The maximum atomic E-state index is 15.3. The molecule has 0 saturated heterocycles. The second-order valence-electron chi connectivity index (χ2n) is 13.3. The molecule has 1 heterocycles. The van der Waals surface area contributed by atoms with Crippen LogP contribution < -0.4 is 10.0 Å². The van der Waals surface area contributed by atoms with E-state index in [9.17, 15) is 0 Å². The van der Waals surface area contributed by atoms with E-state index in [1.54, 1.807) is 0 Å². The van der Waals surface area contributed by atoms with Gasteiger partial charge in [0.2, 0.25) is 0 Å². The van der Waals surface area contributed by atoms with Crippen molar-refractivity contribution in [1.29, 1.82) is 0 Å². The minimum absolute atomic E-state index is 0.0894. The summed E-state index contributed by atoms with van der Waals surface area (Å²) in [5.74, 6) is 0.911. The summed E-state index contributed by atoms with van der Waals surface area (Å²) in [6, 6.07) is 26.1. The van der Waals surface area contributed by atoms with Gasteiger partial charge in [-0.3, -0.25) is 0 Å². The molecule has 0 aliphatic carbocycles. The predicted molar refractivity (Wildman–Crippen MR) is 165 cm³/mol. The van der Waals surface area contributed by atoms with Crippen molar-refractivity contribution in [2.24, 2.45) is 0 Å². The summed E-state index contributed by atoms with van der Waals surface area (Å²) in [4.78, 5) is 0. The van der Waals surface area contributed by atoms with Gasteiger partial charge < -0.3 is 9.30 Å². The largest absolute Gasteiger partial charge is 0.477 e. The van der Waals surface area contributed by atoms with Gasteiger partial charge in [-0.15, -0.1) is 0 Å². The van der Waals surface area contributed by atoms with Crippen molar-refractivity contribution in [3.63, 3.8) is 0 Å². The molecule has 0 N–H and O–H groups in total. The fourth-order valence-corrected chi connectivity index (χ4v) is 17.2. The maximum absolute atomic E-state index is 15.3. The van der Waals surface area contributed by atoms with E-state index in [0.717, 1.165) is 5.75 Å². The van der Waals surface area contributed by atoms with E-state index in [-0.39, 0.29) is 21.1 Å². The van der Waals surface area contributed by atoms with Gasteiger partial charge in [0.1, 0.15) is 12.9 Å². The van der Waals surface area contributed by atoms with Crippen molar-refractivity contribution >= 4 is 41.9 Å². The van der Waals surface area contributed by atoms with E-state index in [1.165, 1.54) is 38.0 Å². The molecule has 0 spiro atoms. The Kier molecular flexibility index (Phi) is 6.22. The van der Waals surface area contributed by atoms with Gasteiger partial charge >= 0.3 is 0 Å². The standard InChI is InChI=1S/C33H40O2P2/c1-31(2,3)36-29-26(28-24-17-12-10-15-22(24)21-23-16-11-13-18-25(23)28)19-14-20-27(29)35-30(36)37(34,32(4,5)6)33(7,8)9/h10-21,30H,1-9H3/t30-,36+/m1/s1. The van der Waals surface area contributed by atoms with E-state index in [0.29, 0.717) is 0 Å². The molecule has 37 heavy (non-hydrogen) atoms. The van der Waals surface area contributed by atoms with Crippen LogP contribution in [-0.4, -0.2) is 21.1 Å². The minimum Gasteiger partial charge on any atom is -0.477 e. The SMILES string of the molecule is CC(C)(C)[P@@]1c2c(cccc2-c2c3ccccc3cc3ccccc23)O[C@H]1P(=O)(C(C)(C)C)C(C)(C)C. The third-order valence-corrected chi connectivity index (χ3v) is 17.1. The van der Waals surface area contributed by atoms with Crippen molar-refractivity contribution in [2.45, 2.75) is 83.4 Å². The second kappa shape index (κ2) is 8.69. The number of benzene rings is 4. The summed E-state index contributed by atoms with van der Waals surface area (Å²) in [7, 11) is -3.79. The third-order valence-electron chi connectivity index (χ3n) is 7.76. The van der Waals surface area contributed by atoms with Gasteiger partial charge in [-0.2, -0.15) is 0 Å². The Morgan fingerprint density at radius 3 is 1.70 bits per heavy atom. The average molecular weight is 531 g/mol. The van der Waals surface area contributed by atoms with Crippen LogP contribution in [0.4, 0.5) is 0 Å². The summed E-state index contributed by atoms with van der Waals surface area (Å²) in [6.07, 6.45) is 0. The molecule has 4 heteroatoms. The molecule has 2 nitrogen and oxygen atoms in total. The number of hydrogen-bond donors (Lipinski definition) is 0. The monoisotopic (exact) mass is 530 g/mol. The fourth-order valence-electron chi connectivity index (χ4n) is 6.22. The highest BCUT2D eigenvalue weighted by Crippen LogP contribution is 2.80. The molecule has 1 aliphatic rings. The van der Waals surface area contributed by atoms with Gasteiger partial charge in [0.15, 0.2) is 5.59 Å². The molecule has 1 aliphatic heterocycles. The second-order valence-corrected chi connectivity index (χ2v) is 21.2. The van der Waals surface area contributed by atoms with Crippen LogP contribution >= 0.6 is 15.1 Å². The highest BCUT2D eigenvalue weighted by Gasteiger charge is 2.60. The van der Waals surface area contributed by atoms with Crippen molar-refractivity contribution < 1.29 is 9.30 Å². The molecule has 2 atom stereocenters. The molecular formula is C33H40O2P2. The van der Waals surface area contributed by atoms with Crippen molar-refractivity contribution in [3.8, 4) is 16.9 Å². The zero-order chi connectivity index (χ0) is 27.0. The van der Waals surface area contributed by atoms with E-state index < -0.39 is 15.1 Å². The van der Waals surface area contributed by atoms with Crippen molar-refractivity contribution in [1.82, 2.24) is 0 Å². The quantitative estimate of drug-likeness (QED) is 0.190.